The van der Waals surface area contributed by atoms with E-state index in [0.29, 0.717) is 5.39 Å². The lowest BCUT2D eigenvalue weighted by Gasteiger charge is -2.25. The van der Waals surface area contributed by atoms with Crippen LogP contribution in [0.2, 0.25) is 0 Å². The molecule has 0 radical (unpaired) electrons. The van der Waals surface area contributed by atoms with E-state index in [4.69, 9.17) is 0 Å². The summed E-state index contributed by atoms with van der Waals surface area (Å²) in [5.41, 5.74) is 8.80. The third kappa shape index (κ3) is 4.00. The second kappa shape index (κ2) is 10.1. The molecule has 0 spiro atoms. The number of aromatic nitrogens is 2. The molecule has 40 heavy (non-hydrogen) atoms. The highest BCUT2D eigenvalue weighted by Crippen LogP contribution is 2.52. The molecular weight excluding hydrogens is 491 g/mol. The Morgan fingerprint density at radius 2 is 0.850 bits per heavy atom. The average Bonchev–Trinajstić information content (AvgIpc) is 3.57. The van der Waals surface area contributed by atoms with Crippen molar-refractivity contribution in [2.24, 2.45) is 0 Å². The summed E-state index contributed by atoms with van der Waals surface area (Å²) in [7, 11) is 0. The van der Waals surface area contributed by atoms with Crippen LogP contribution in [0, 0.1) is 5.82 Å². The van der Waals surface area contributed by atoms with Gasteiger partial charge >= 0.3 is 0 Å². The molecule has 0 saturated carbocycles. The molecule has 2 nitrogen and oxygen atoms in total. The fourth-order valence-electron chi connectivity index (χ4n) is 5.74. The molecule has 7 aromatic rings. The molecule has 190 valence electrons. The Hall–Kier alpha value is -5.28. The standard InChI is InChI=1S/C37H25FN2/c38-30-22-23-31(40-25-13-24-39-40)37-35(29-20-11-4-12-21-29)33(27-16-7-2-8-17-27)32(26-14-5-1-6-15-26)34(36(30)37)28-18-9-3-10-19-28/h1-25H. The van der Waals surface area contributed by atoms with Gasteiger partial charge in [0, 0.05) is 34.3 Å². The van der Waals surface area contributed by atoms with Crippen LogP contribution in [0.3, 0.4) is 0 Å². The van der Waals surface area contributed by atoms with Crippen molar-refractivity contribution in [3.63, 3.8) is 0 Å². The van der Waals surface area contributed by atoms with Crippen LogP contribution in [-0.2, 0) is 0 Å². The topological polar surface area (TPSA) is 17.8 Å². The molecule has 0 unspecified atom stereocenters. The number of rotatable bonds is 5. The molecule has 0 aliphatic rings. The van der Waals surface area contributed by atoms with E-state index in [0.717, 1.165) is 55.6 Å². The molecule has 0 fully saturated rings. The summed E-state index contributed by atoms with van der Waals surface area (Å²) in [6.07, 6.45) is 3.67. The first-order valence-electron chi connectivity index (χ1n) is 13.3. The highest BCUT2D eigenvalue weighted by Gasteiger charge is 2.27. The molecule has 7 rings (SSSR count). The number of halogens is 1. The number of hydrogen-bond donors (Lipinski definition) is 0. The van der Waals surface area contributed by atoms with Crippen molar-refractivity contribution in [2.75, 3.05) is 0 Å². The van der Waals surface area contributed by atoms with E-state index < -0.39 is 0 Å². The normalized spacial score (nSPS) is 11.1. The van der Waals surface area contributed by atoms with Crippen molar-refractivity contribution in [2.45, 2.75) is 0 Å². The van der Waals surface area contributed by atoms with Crippen molar-refractivity contribution >= 4 is 10.8 Å². The van der Waals surface area contributed by atoms with Gasteiger partial charge in [-0.25, -0.2) is 9.07 Å². The molecule has 3 heteroatoms. The quantitative estimate of drug-likeness (QED) is 0.223. The summed E-state index contributed by atoms with van der Waals surface area (Å²) < 4.78 is 18.3. The van der Waals surface area contributed by atoms with Crippen molar-refractivity contribution in [1.29, 1.82) is 0 Å². The van der Waals surface area contributed by atoms with Crippen LogP contribution in [-0.4, -0.2) is 9.78 Å². The zero-order valence-electron chi connectivity index (χ0n) is 21.7. The van der Waals surface area contributed by atoms with Gasteiger partial charge in [0.1, 0.15) is 5.82 Å². The Morgan fingerprint density at radius 3 is 1.27 bits per heavy atom. The Labute approximate surface area is 232 Å². The van der Waals surface area contributed by atoms with E-state index in [9.17, 15) is 0 Å². The van der Waals surface area contributed by atoms with Crippen molar-refractivity contribution in [1.82, 2.24) is 9.78 Å². The molecular formula is C37H25FN2. The van der Waals surface area contributed by atoms with Gasteiger partial charge in [0.2, 0.25) is 0 Å². The molecule has 0 atom stereocenters. The highest BCUT2D eigenvalue weighted by atomic mass is 19.1. The number of benzene rings is 6. The van der Waals surface area contributed by atoms with Gasteiger partial charge in [-0.15, -0.1) is 0 Å². The third-order valence-corrected chi connectivity index (χ3v) is 7.38. The van der Waals surface area contributed by atoms with Gasteiger partial charge in [0.25, 0.3) is 0 Å². The highest BCUT2D eigenvalue weighted by molar-refractivity contribution is 6.20. The van der Waals surface area contributed by atoms with Gasteiger partial charge in [0.15, 0.2) is 0 Å². The maximum absolute atomic E-state index is 16.4. The van der Waals surface area contributed by atoms with Gasteiger partial charge < -0.3 is 0 Å². The summed E-state index contributed by atoms with van der Waals surface area (Å²) in [5.74, 6) is -0.265. The van der Waals surface area contributed by atoms with E-state index in [-0.39, 0.29) is 5.82 Å². The van der Waals surface area contributed by atoms with Gasteiger partial charge in [-0.2, -0.15) is 5.10 Å². The van der Waals surface area contributed by atoms with Crippen LogP contribution in [0.25, 0.3) is 61.0 Å². The summed E-state index contributed by atoms with van der Waals surface area (Å²) in [6.45, 7) is 0. The number of hydrogen-bond acceptors (Lipinski definition) is 1. The lowest BCUT2D eigenvalue weighted by atomic mass is 9.78. The largest absolute Gasteiger partial charge is 0.240 e. The van der Waals surface area contributed by atoms with E-state index in [1.54, 1.807) is 12.3 Å². The molecule has 1 heterocycles. The zero-order valence-corrected chi connectivity index (χ0v) is 21.7. The molecule has 0 aliphatic heterocycles. The molecule has 0 bridgehead atoms. The minimum Gasteiger partial charge on any atom is -0.240 e. The Kier molecular flexibility index (Phi) is 6.02. The van der Waals surface area contributed by atoms with Gasteiger partial charge in [-0.05, 0) is 51.6 Å². The summed E-state index contributed by atoms with van der Waals surface area (Å²) in [6, 6.07) is 46.5. The molecule has 0 amide bonds. The van der Waals surface area contributed by atoms with E-state index >= 15 is 4.39 Å². The fourth-order valence-corrected chi connectivity index (χ4v) is 5.74. The summed E-state index contributed by atoms with van der Waals surface area (Å²) in [4.78, 5) is 0. The molecule has 1 aromatic heterocycles. The predicted molar refractivity (Wildman–Crippen MR) is 163 cm³/mol. The first-order valence-corrected chi connectivity index (χ1v) is 13.3. The average molecular weight is 517 g/mol. The lowest BCUT2D eigenvalue weighted by Crippen LogP contribution is -2.03. The van der Waals surface area contributed by atoms with Gasteiger partial charge in [-0.3, -0.25) is 0 Å². The lowest BCUT2D eigenvalue weighted by molar-refractivity contribution is 0.639. The maximum atomic E-state index is 16.4. The smallest absolute Gasteiger partial charge is 0.131 e. The Balaban J connectivity index is 1.82. The van der Waals surface area contributed by atoms with Crippen molar-refractivity contribution in [3.8, 4) is 50.2 Å². The Bertz CT molecular complexity index is 1910. The van der Waals surface area contributed by atoms with Crippen LogP contribution >= 0.6 is 0 Å². The van der Waals surface area contributed by atoms with Crippen molar-refractivity contribution < 1.29 is 4.39 Å². The Morgan fingerprint density at radius 1 is 0.425 bits per heavy atom. The van der Waals surface area contributed by atoms with Crippen LogP contribution < -0.4 is 0 Å². The van der Waals surface area contributed by atoms with Crippen LogP contribution in [0.5, 0.6) is 0 Å². The molecule has 0 saturated heterocycles. The third-order valence-electron chi connectivity index (χ3n) is 7.38. The van der Waals surface area contributed by atoms with E-state index in [1.165, 1.54) is 0 Å². The number of fused-ring (bicyclic) bond motifs is 1. The maximum Gasteiger partial charge on any atom is 0.131 e. The first-order chi connectivity index (χ1) is 19.8. The van der Waals surface area contributed by atoms with Gasteiger partial charge in [0.05, 0.1) is 5.69 Å². The van der Waals surface area contributed by atoms with Crippen LogP contribution in [0.15, 0.2) is 152 Å². The summed E-state index contributed by atoms with van der Waals surface area (Å²) >= 11 is 0. The van der Waals surface area contributed by atoms with E-state index in [2.05, 4.69) is 65.8 Å². The van der Waals surface area contributed by atoms with Crippen LogP contribution in [0.4, 0.5) is 4.39 Å². The second-order valence-electron chi connectivity index (χ2n) is 9.73. The zero-order chi connectivity index (χ0) is 26.9. The molecule has 0 N–H and O–H groups in total. The second-order valence-corrected chi connectivity index (χ2v) is 9.73. The summed E-state index contributed by atoms with van der Waals surface area (Å²) in [5, 5.41) is 5.99. The molecule has 0 aliphatic carbocycles. The fraction of sp³-hybridized carbons (Fsp3) is 0. The molecule has 6 aromatic carbocycles. The minimum absolute atomic E-state index is 0.265. The van der Waals surface area contributed by atoms with Gasteiger partial charge in [-0.1, -0.05) is 121 Å². The van der Waals surface area contributed by atoms with E-state index in [1.807, 2.05) is 83.7 Å². The minimum atomic E-state index is -0.265. The van der Waals surface area contributed by atoms with Crippen molar-refractivity contribution in [3.05, 3.63) is 158 Å². The SMILES string of the molecule is Fc1ccc(-n2cccn2)c2c(-c3ccccc3)c(-c3ccccc3)c(-c3ccccc3)c(-c3ccccc3)c12. The monoisotopic (exact) mass is 516 g/mol. The first kappa shape index (κ1) is 23.8. The van der Waals surface area contributed by atoms with Crippen LogP contribution in [0.1, 0.15) is 0 Å². The predicted octanol–water partition coefficient (Wildman–Crippen LogP) is 9.83. The number of nitrogens with zero attached hydrogens (tertiary/aromatic N) is 2.